The second kappa shape index (κ2) is 49.2. The van der Waals surface area contributed by atoms with Crippen molar-refractivity contribution in [1.82, 2.24) is 0 Å². The number of esters is 2. The number of carboxylic acids is 1. The van der Waals surface area contributed by atoms with Gasteiger partial charge in [0.15, 0.2) is 12.1 Å². The summed E-state index contributed by atoms with van der Waals surface area (Å²) in [5.74, 6) is -1.46. The molecule has 0 fully saturated rings. The molecule has 8 heteroatoms. The minimum absolute atomic E-state index is 0.0489. The molecule has 0 heterocycles. The van der Waals surface area contributed by atoms with E-state index in [0.29, 0.717) is 19.3 Å². The molecule has 2 atom stereocenters. The van der Waals surface area contributed by atoms with Crippen LogP contribution in [0.4, 0.5) is 0 Å². The summed E-state index contributed by atoms with van der Waals surface area (Å²) >= 11 is 0. The first-order valence-electron chi connectivity index (χ1n) is 28.4. The fourth-order valence-electron chi connectivity index (χ4n) is 8.71. The quantitative estimate of drug-likeness (QED) is 0.0281. The number of quaternary nitrogens is 1. The molecule has 0 bridgehead atoms. The van der Waals surface area contributed by atoms with Crippen LogP contribution in [0.2, 0.25) is 0 Å². The van der Waals surface area contributed by atoms with Gasteiger partial charge in [-0.1, -0.05) is 237 Å². The number of likely N-dealkylation sites (N-methyl/N-ethyl adjacent to an activating group) is 1. The Morgan fingerprint density at radius 1 is 0.455 bits per heavy atom. The zero-order valence-corrected chi connectivity index (χ0v) is 44.4. The predicted octanol–water partition coefficient (Wildman–Crippen LogP) is 16.8. The first-order chi connectivity index (χ1) is 32.1. The highest BCUT2D eigenvalue weighted by atomic mass is 16.6. The van der Waals surface area contributed by atoms with E-state index in [2.05, 4.69) is 38.2 Å². The molecule has 0 aromatic carbocycles. The van der Waals surface area contributed by atoms with Gasteiger partial charge in [-0.05, 0) is 44.9 Å². The first kappa shape index (κ1) is 63.8. The lowest BCUT2D eigenvalue weighted by Crippen LogP contribution is -2.50. The molecule has 0 radical (unpaired) electrons. The SMILES string of the molecule is CCCCCCCCCCC/C=C/C/C=C/CCCCCCCCCC(=O)OC(COCCC(C(=O)O)[N+](C)(C)C)COC(=O)CCCCCCCCCCCCCCCCCCCCC. The van der Waals surface area contributed by atoms with Crippen LogP contribution < -0.4 is 0 Å². The van der Waals surface area contributed by atoms with E-state index in [1.807, 2.05) is 21.1 Å². The molecule has 2 unspecified atom stereocenters. The highest BCUT2D eigenvalue weighted by Crippen LogP contribution is 2.17. The van der Waals surface area contributed by atoms with Crippen LogP contribution in [0.15, 0.2) is 24.3 Å². The van der Waals surface area contributed by atoms with Crippen LogP contribution >= 0.6 is 0 Å². The van der Waals surface area contributed by atoms with Crippen LogP contribution in [-0.2, 0) is 28.6 Å². The fourth-order valence-corrected chi connectivity index (χ4v) is 8.71. The zero-order chi connectivity index (χ0) is 48.4. The van der Waals surface area contributed by atoms with Gasteiger partial charge in [-0.25, -0.2) is 4.79 Å². The van der Waals surface area contributed by atoms with Crippen LogP contribution in [0.5, 0.6) is 0 Å². The van der Waals surface area contributed by atoms with Crippen molar-refractivity contribution in [2.24, 2.45) is 0 Å². The molecular weight excluding hydrogens is 823 g/mol. The second-order valence-corrected chi connectivity index (χ2v) is 20.6. The van der Waals surface area contributed by atoms with E-state index in [1.165, 1.54) is 193 Å². The van der Waals surface area contributed by atoms with Gasteiger partial charge in [0.05, 0.1) is 34.4 Å². The van der Waals surface area contributed by atoms with Gasteiger partial charge in [-0.15, -0.1) is 0 Å². The largest absolute Gasteiger partial charge is 0.477 e. The maximum Gasteiger partial charge on any atom is 0.362 e. The van der Waals surface area contributed by atoms with E-state index < -0.39 is 18.1 Å². The van der Waals surface area contributed by atoms with Crippen molar-refractivity contribution in [3.8, 4) is 0 Å². The Bertz CT molecular complexity index is 1130. The molecule has 0 saturated heterocycles. The van der Waals surface area contributed by atoms with Crippen LogP contribution in [0, 0.1) is 0 Å². The summed E-state index contributed by atoms with van der Waals surface area (Å²) in [6.45, 7) is 4.78. The zero-order valence-electron chi connectivity index (χ0n) is 44.4. The normalized spacial score (nSPS) is 12.9. The van der Waals surface area contributed by atoms with Crippen LogP contribution in [0.1, 0.15) is 277 Å². The van der Waals surface area contributed by atoms with Crippen LogP contribution in [0.25, 0.3) is 0 Å². The average molecular weight is 934 g/mol. The van der Waals surface area contributed by atoms with E-state index >= 15 is 0 Å². The van der Waals surface area contributed by atoms with Crippen molar-refractivity contribution < 1.29 is 38.2 Å². The fraction of sp³-hybridized carbons (Fsp3) is 0.879. The van der Waals surface area contributed by atoms with Gasteiger partial charge < -0.3 is 23.8 Å². The summed E-state index contributed by atoms with van der Waals surface area (Å²) in [4.78, 5) is 37.3. The topological polar surface area (TPSA) is 99.1 Å². The molecular formula is C58H110NO7+. The third kappa shape index (κ3) is 46.9. The first-order valence-corrected chi connectivity index (χ1v) is 28.4. The Morgan fingerprint density at radius 2 is 0.803 bits per heavy atom. The Hall–Kier alpha value is -2.19. The average Bonchev–Trinajstić information content (AvgIpc) is 3.28. The van der Waals surface area contributed by atoms with E-state index in [-0.39, 0.29) is 36.2 Å². The van der Waals surface area contributed by atoms with E-state index in [1.54, 1.807) is 0 Å². The number of hydrogen-bond acceptors (Lipinski definition) is 6. The van der Waals surface area contributed by atoms with Gasteiger partial charge in [0.1, 0.15) is 6.61 Å². The van der Waals surface area contributed by atoms with Crippen LogP contribution in [0.3, 0.4) is 0 Å². The van der Waals surface area contributed by atoms with Crippen molar-refractivity contribution in [3.63, 3.8) is 0 Å². The number of carboxylic acid groups (broad SMARTS) is 1. The lowest BCUT2D eigenvalue weighted by molar-refractivity contribution is -0.887. The number of rotatable bonds is 52. The smallest absolute Gasteiger partial charge is 0.362 e. The van der Waals surface area contributed by atoms with Crippen molar-refractivity contribution in [2.45, 2.75) is 289 Å². The lowest BCUT2D eigenvalue weighted by Gasteiger charge is -2.31. The maximum atomic E-state index is 12.8. The Morgan fingerprint density at radius 3 is 1.17 bits per heavy atom. The summed E-state index contributed by atoms with van der Waals surface area (Å²) in [5.41, 5.74) is 0. The molecule has 0 aliphatic rings. The molecule has 1 N–H and O–H groups in total. The van der Waals surface area contributed by atoms with E-state index in [9.17, 15) is 19.5 Å². The van der Waals surface area contributed by atoms with Crippen LogP contribution in [-0.4, -0.2) is 80.6 Å². The third-order valence-corrected chi connectivity index (χ3v) is 13.1. The van der Waals surface area contributed by atoms with Gasteiger partial charge in [0.2, 0.25) is 0 Å². The number of ether oxygens (including phenoxy) is 3. The molecule has 0 spiro atoms. The standard InChI is InChI=1S/C58H109NO7/c1-6-8-10-12-14-16-18-20-22-24-26-27-28-29-31-33-35-37-39-41-43-45-47-49-57(61)66-54(52-64-51-50-55(58(62)63)59(3,4)5)53-65-56(60)48-46-44-42-40-38-36-34-32-30-25-23-21-19-17-15-13-11-9-7-2/h26-27,29,31,54-55H,6-25,28,30,32-53H2,1-5H3/p+1/b27-26+,31-29+. The highest BCUT2D eigenvalue weighted by molar-refractivity contribution is 5.72. The molecule has 0 aromatic rings. The summed E-state index contributed by atoms with van der Waals surface area (Å²) in [6, 6.07) is -0.615. The van der Waals surface area contributed by atoms with E-state index in [0.717, 1.165) is 51.4 Å². The number of nitrogens with zero attached hydrogens (tertiary/aromatic N) is 1. The van der Waals surface area contributed by atoms with Gasteiger partial charge in [-0.3, -0.25) is 9.59 Å². The molecule has 0 saturated carbocycles. The lowest BCUT2D eigenvalue weighted by atomic mass is 10.0. The van der Waals surface area contributed by atoms with Crippen molar-refractivity contribution in [1.29, 1.82) is 0 Å². The number of carbonyl (C=O) groups is 3. The van der Waals surface area contributed by atoms with Crippen molar-refractivity contribution in [2.75, 3.05) is 41.0 Å². The molecule has 388 valence electrons. The molecule has 0 aromatic heterocycles. The van der Waals surface area contributed by atoms with Gasteiger partial charge in [0.25, 0.3) is 0 Å². The molecule has 66 heavy (non-hydrogen) atoms. The second-order valence-electron chi connectivity index (χ2n) is 20.6. The number of allylic oxidation sites excluding steroid dienone is 4. The van der Waals surface area contributed by atoms with Crippen molar-refractivity contribution >= 4 is 17.9 Å². The molecule has 0 amide bonds. The van der Waals surface area contributed by atoms with Gasteiger partial charge in [-0.2, -0.15) is 0 Å². The summed E-state index contributed by atoms with van der Waals surface area (Å²) < 4.78 is 17.4. The summed E-state index contributed by atoms with van der Waals surface area (Å²) in [5, 5.41) is 9.67. The molecule has 0 aliphatic carbocycles. The molecule has 0 rings (SSSR count). The predicted molar refractivity (Wildman–Crippen MR) is 280 cm³/mol. The maximum absolute atomic E-state index is 12.8. The molecule has 8 nitrogen and oxygen atoms in total. The van der Waals surface area contributed by atoms with Crippen molar-refractivity contribution in [3.05, 3.63) is 24.3 Å². The highest BCUT2D eigenvalue weighted by Gasteiger charge is 2.31. The minimum atomic E-state index is -0.872. The Kier molecular flexibility index (Phi) is 47.6. The third-order valence-electron chi connectivity index (χ3n) is 13.1. The summed E-state index contributed by atoms with van der Waals surface area (Å²) in [6.07, 6.45) is 58.1. The number of hydrogen-bond donors (Lipinski definition) is 1. The van der Waals surface area contributed by atoms with Gasteiger partial charge >= 0.3 is 17.9 Å². The Balaban J connectivity index is 4.17. The molecule has 0 aliphatic heterocycles. The number of aliphatic carboxylic acids is 1. The van der Waals surface area contributed by atoms with E-state index in [4.69, 9.17) is 14.2 Å². The minimum Gasteiger partial charge on any atom is -0.477 e. The van der Waals surface area contributed by atoms with Gasteiger partial charge in [0, 0.05) is 19.3 Å². The number of carbonyl (C=O) groups excluding carboxylic acids is 2. The number of unbranched alkanes of at least 4 members (excludes halogenated alkanes) is 34. The summed E-state index contributed by atoms with van der Waals surface area (Å²) in [7, 11) is 5.55. The monoisotopic (exact) mass is 933 g/mol. The Labute approximate surface area is 409 Å².